The van der Waals surface area contributed by atoms with Gasteiger partial charge in [0.05, 0.1) is 16.8 Å². The van der Waals surface area contributed by atoms with Crippen molar-refractivity contribution >= 4 is 44.8 Å². The predicted molar refractivity (Wildman–Crippen MR) is 108 cm³/mol. The van der Waals surface area contributed by atoms with Crippen LogP contribution < -0.4 is 4.74 Å². The smallest absolute Gasteiger partial charge is 0.159 e. The van der Waals surface area contributed by atoms with Gasteiger partial charge in [0.2, 0.25) is 0 Å². The number of ether oxygens (including phenoxy) is 1. The van der Waals surface area contributed by atoms with E-state index >= 15 is 0 Å². The highest BCUT2D eigenvalue weighted by molar-refractivity contribution is 9.10. The van der Waals surface area contributed by atoms with Gasteiger partial charge in [-0.1, -0.05) is 47.8 Å². The van der Waals surface area contributed by atoms with Gasteiger partial charge in [0.15, 0.2) is 6.10 Å². The van der Waals surface area contributed by atoms with Gasteiger partial charge in [-0.25, -0.2) is 0 Å². The Kier molecular flexibility index (Phi) is 6.33. The summed E-state index contributed by atoms with van der Waals surface area (Å²) >= 11 is 15.7. The maximum atomic E-state index is 10.4. The molecule has 26 heavy (non-hydrogen) atoms. The van der Waals surface area contributed by atoms with E-state index in [-0.39, 0.29) is 11.9 Å². The predicted octanol–water partition coefficient (Wildman–Crippen LogP) is 6.51. The topological polar surface area (TPSA) is 51.0 Å². The molecule has 2 aromatic carbocycles. The zero-order valence-electron chi connectivity index (χ0n) is 14.1. The fourth-order valence-corrected chi connectivity index (χ4v) is 3.66. The van der Waals surface area contributed by atoms with Crippen LogP contribution in [0.2, 0.25) is 10.0 Å². The summed E-state index contributed by atoms with van der Waals surface area (Å²) in [7, 11) is 0. The zero-order chi connectivity index (χ0) is 18.7. The minimum Gasteiger partial charge on any atom is -0.507 e. The number of unbranched alkanes of at least 4 members (excludes halogenated alkanes) is 1. The number of phenolic OH excluding ortho intramolecular Hbond substituents is 1. The Morgan fingerprint density at radius 1 is 1.31 bits per heavy atom. The molecule has 7 heteroatoms. The van der Waals surface area contributed by atoms with Crippen molar-refractivity contribution in [3.05, 3.63) is 56.0 Å². The molecule has 1 N–H and O–H groups in total. The van der Waals surface area contributed by atoms with Crippen molar-refractivity contribution in [1.29, 1.82) is 0 Å². The van der Waals surface area contributed by atoms with E-state index in [2.05, 4.69) is 28.0 Å². The highest BCUT2D eigenvalue weighted by atomic mass is 79.9. The third kappa shape index (κ3) is 4.27. The Labute approximate surface area is 170 Å². The Morgan fingerprint density at radius 2 is 2.12 bits per heavy atom. The summed E-state index contributed by atoms with van der Waals surface area (Å²) in [5.41, 5.74) is 2.07. The molecule has 1 heterocycles. The van der Waals surface area contributed by atoms with Crippen LogP contribution in [0.3, 0.4) is 0 Å². The van der Waals surface area contributed by atoms with Crippen molar-refractivity contribution < 1.29 is 14.7 Å². The molecular formula is C19H18BrCl2NO3. The largest absolute Gasteiger partial charge is 0.507 e. The van der Waals surface area contributed by atoms with Gasteiger partial charge in [0, 0.05) is 33.7 Å². The van der Waals surface area contributed by atoms with Crippen molar-refractivity contribution in [3.63, 3.8) is 0 Å². The number of nitrogens with zero attached hydrogens (tertiary/aromatic N) is 1. The van der Waals surface area contributed by atoms with Gasteiger partial charge in [-0.15, -0.1) is 0 Å². The summed E-state index contributed by atoms with van der Waals surface area (Å²) in [6, 6.07) is 8.66. The van der Waals surface area contributed by atoms with Crippen LogP contribution in [0, 0.1) is 0 Å². The minimum atomic E-state index is -0.312. The summed E-state index contributed by atoms with van der Waals surface area (Å²) in [6.45, 7) is 2.70. The van der Waals surface area contributed by atoms with Crippen LogP contribution in [0.4, 0.5) is 0 Å². The number of hydrogen-bond acceptors (Lipinski definition) is 4. The van der Waals surface area contributed by atoms with Gasteiger partial charge in [-0.2, -0.15) is 0 Å². The second-order valence-corrected chi connectivity index (χ2v) is 7.70. The van der Waals surface area contributed by atoms with Crippen LogP contribution in [0.25, 0.3) is 0 Å². The first-order chi connectivity index (χ1) is 12.5. The lowest BCUT2D eigenvalue weighted by Gasteiger charge is -2.12. The first-order valence-electron chi connectivity index (χ1n) is 8.33. The lowest BCUT2D eigenvalue weighted by Crippen LogP contribution is -2.04. The third-order valence-corrected chi connectivity index (χ3v) is 5.28. The molecule has 4 nitrogen and oxygen atoms in total. The Balaban J connectivity index is 1.77. The maximum absolute atomic E-state index is 10.4. The summed E-state index contributed by atoms with van der Waals surface area (Å²) in [5, 5.41) is 15.6. The number of rotatable bonds is 6. The summed E-state index contributed by atoms with van der Waals surface area (Å²) in [4.78, 5) is 5.53. The fourth-order valence-electron chi connectivity index (χ4n) is 2.68. The summed E-state index contributed by atoms with van der Waals surface area (Å²) in [6.07, 6.45) is 2.19. The van der Waals surface area contributed by atoms with Crippen LogP contribution in [-0.4, -0.2) is 17.4 Å². The minimum absolute atomic E-state index is 0.102. The molecule has 0 bridgehead atoms. The van der Waals surface area contributed by atoms with E-state index < -0.39 is 0 Å². The normalized spacial score (nSPS) is 16.3. The molecule has 2 aromatic rings. The van der Waals surface area contributed by atoms with Crippen LogP contribution >= 0.6 is 39.1 Å². The van der Waals surface area contributed by atoms with Crippen molar-refractivity contribution in [2.24, 2.45) is 5.16 Å². The number of aromatic hydroxyl groups is 1. The van der Waals surface area contributed by atoms with Gasteiger partial charge in [0.1, 0.15) is 11.5 Å². The second-order valence-electron chi connectivity index (χ2n) is 6.00. The Morgan fingerprint density at radius 3 is 2.85 bits per heavy atom. The van der Waals surface area contributed by atoms with E-state index in [1.165, 1.54) is 0 Å². The molecule has 1 aliphatic heterocycles. The third-order valence-electron chi connectivity index (χ3n) is 4.09. The summed E-state index contributed by atoms with van der Waals surface area (Å²) in [5.74, 6) is 0.710. The highest BCUT2D eigenvalue weighted by Gasteiger charge is 2.28. The Bertz CT molecular complexity index is 842. The first-order valence-corrected chi connectivity index (χ1v) is 9.87. The molecule has 3 rings (SSSR count). The van der Waals surface area contributed by atoms with Crippen molar-refractivity contribution in [2.75, 3.05) is 6.61 Å². The molecule has 0 radical (unpaired) electrons. The lowest BCUT2D eigenvalue weighted by molar-refractivity contribution is 0.0858. The molecule has 0 fully saturated rings. The van der Waals surface area contributed by atoms with Crippen molar-refractivity contribution in [2.45, 2.75) is 32.3 Å². The van der Waals surface area contributed by atoms with Crippen LogP contribution in [0.5, 0.6) is 11.5 Å². The standard InChI is InChI=1S/C19H18BrCl2NO3/c1-2-3-6-25-19-10-17(24)13(8-14(19)20)16-9-18(26-23-16)12-5-4-11(21)7-15(12)22/h4-5,7-8,10,18,24H,2-3,6,9H2,1H3. The van der Waals surface area contributed by atoms with Crippen molar-refractivity contribution in [3.8, 4) is 11.5 Å². The lowest BCUT2D eigenvalue weighted by atomic mass is 9.99. The number of benzene rings is 2. The van der Waals surface area contributed by atoms with Gasteiger partial charge < -0.3 is 14.7 Å². The molecule has 0 saturated carbocycles. The van der Waals surface area contributed by atoms with Crippen LogP contribution in [0.15, 0.2) is 40.0 Å². The van der Waals surface area contributed by atoms with Crippen LogP contribution in [-0.2, 0) is 4.84 Å². The van der Waals surface area contributed by atoms with Gasteiger partial charge >= 0.3 is 0 Å². The van der Waals surface area contributed by atoms with Crippen LogP contribution in [0.1, 0.15) is 43.4 Å². The average molecular weight is 459 g/mol. The molecular weight excluding hydrogens is 441 g/mol. The van der Waals surface area contributed by atoms with E-state index in [0.717, 1.165) is 22.9 Å². The van der Waals surface area contributed by atoms with E-state index in [4.69, 9.17) is 32.8 Å². The van der Waals surface area contributed by atoms with E-state index in [0.29, 0.717) is 40.1 Å². The van der Waals surface area contributed by atoms with Gasteiger partial charge in [-0.05, 0) is 40.5 Å². The van der Waals surface area contributed by atoms with Gasteiger partial charge in [-0.3, -0.25) is 0 Å². The average Bonchev–Trinajstić information content (AvgIpc) is 3.07. The highest BCUT2D eigenvalue weighted by Crippen LogP contribution is 2.39. The second kappa shape index (κ2) is 8.51. The SMILES string of the molecule is CCCCOc1cc(O)c(C2=NOC(c3ccc(Cl)cc3Cl)C2)cc1Br. The Hall–Kier alpha value is -1.43. The number of halogens is 3. The van der Waals surface area contributed by atoms with Gasteiger partial charge in [0.25, 0.3) is 0 Å². The number of oxime groups is 1. The first kappa shape index (κ1) is 19.3. The molecule has 0 aliphatic carbocycles. The number of hydrogen-bond donors (Lipinski definition) is 1. The number of phenols is 1. The van der Waals surface area contributed by atoms with E-state index in [1.54, 1.807) is 24.3 Å². The quantitative estimate of drug-likeness (QED) is 0.502. The molecule has 138 valence electrons. The van der Waals surface area contributed by atoms with E-state index in [1.807, 2.05) is 6.07 Å². The molecule has 1 atom stereocenters. The molecule has 1 aliphatic rings. The molecule has 0 amide bonds. The van der Waals surface area contributed by atoms with E-state index in [9.17, 15) is 5.11 Å². The zero-order valence-corrected chi connectivity index (χ0v) is 17.2. The molecule has 0 aromatic heterocycles. The maximum Gasteiger partial charge on any atom is 0.159 e. The molecule has 0 saturated heterocycles. The fraction of sp³-hybridized carbons (Fsp3) is 0.316. The molecule has 0 spiro atoms. The molecule has 1 unspecified atom stereocenters. The monoisotopic (exact) mass is 457 g/mol. The van der Waals surface area contributed by atoms with Crippen molar-refractivity contribution in [1.82, 2.24) is 0 Å². The summed E-state index contributed by atoms with van der Waals surface area (Å²) < 4.78 is 6.45.